The second kappa shape index (κ2) is 10.1. The smallest absolute Gasteiger partial charge is 0.329 e. The Balaban J connectivity index is 0. The van der Waals surface area contributed by atoms with Crippen LogP contribution in [0.5, 0.6) is 0 Å². The molecular formula is CH6NO4P2+. The molecule has 0 aromatic rings. The summed E-state index contributed by atoms with van der Waals surface area (Å²) in [7, 11) is -0.927. The lowest BCUT2D eigenvalue weighted by atomic mass is 11.6. The normalized spacial score (nSPS) is 9.00. The molecule has 0 aromatic heterocycles. The van der Waals surface area contributed by atoms with Gasteiger partial charge in [0.1, 0.15) is 0 Å². The van der Waals surface area contributed by atoms with Crippen LogP contribution in [0.2, 0.25) is 0 Å². The molecule has 0 radical (unpaired) electrons. The monoisotopic (exact) mass is 158 g/mol. The first kappa shape index (κ1) is 11.0. The standard InChI is InChI=1S/CH2O4P2.H3N/c2-6-4-1-5-7-3;/h1H2;1H3/p+1. The molecule has 4 N–H and O–H groups in total. The highest BCUT2D eigenvalue weighted by Crippen LogP contribution is 1.98. The van der Waals surface area contributed by atoms with E-state index in [1.54, 1.807) is 0 Å². The Morgan fingerprint density at radius 2 is 1.50 bits per heavy atom. The molecule has 0 amide bonds. The molecule has 0 unspecified atom stereocenters. The zero-order chi connectivity index (χ0) is 5.54. The summed E-state index contributed by atoms with van der Waals surface area (Å²) < 4.78 is 26.9. The minimum Gasteiger partial charge on any atom is -0.369 e. The van der Waals surface area contributed by atoms with Gasteiger partial charge < -0.3 is 6.15 Å². The second-order valence-corrected chi connectivity index (χ2v) is 1.34. The fourth-order valence-electron chi connectivity index (χ4n) is 0.0666. The van der Waals surface area contributed by atoms with Crippen molar-refractivity contribution in [3.05, 3.63) is 0 Å². The first-order valence-corrected chi connectivity index (χ1v) is 2.77. The van der Waals surface area contributed by atoms with Crippen LogP contribution in [0.15, 0.2) is 0 Å². The number of rotatable bonds is 4. The maximum atomic E-state index is 9.37. The highest BCUT2D eigenvalue weighted by Gasteiger charge is 1.79. The fraction of sp³-hybridized carbons (Fsp3) is 1.00. The third kappa shape index (κ3) is 9.43. The van der Waals surface area contributed by atoms with Crippen molar-refractivity contribution in [1.82, 2.24) is 6.15 Å². The van der Waals surface area contributed by atoms with E-state index < -0.39 is 17.4 Å². The van der Waals surface area contributed by atoms with Crippen LogP contribution in [0.25, 0.3) is 0 Å². The summed E-state index contributed by atoms with van der Waals surface area (Å²) in [6, 6.07) is 0. The molecule has 0 aliphatic carbocycles. The molecule has 0 atom stereocenters. The first-order chi connectivity index (χ1) is 3.41. The summed E-state index contributed by atoms with van der Waals surface area (Å²) in [5.41, 5.74) is 0. The van der Waals surface area contributed by atoms with E-state index in [-0.39, 0.29) is 12.9 Å². The molecule has 0 bridgehead atoms. The Kier molecular flexibility index (Phi) is 13.9. The zero-order valence-corrected chi connectivity index (χ0v) is 6.02. The summed E-state index contributed by atoms with van der Waals surface area (Å²) in [5, 5.41) is 0. The van der Waals surface area contributed by atoms with Gasteiger partial charge in [-0.15, -0.1) is 0 Å². The quantitative estimate of drug-likeness (QED) is 0.383. The van der Waals surface area contributed by atoms with E-state index in [1.165, 1.54) is 0 Å². The molecule has 48 valence electrons. The Labute approximate surface area is 49.5 Å². The van der Waals surface area contributed by atoms with Gasteiger partial charge in [-0.05, 0) is 0 Å². The van der Waals surface area contributed by atoms with Crippen molar-refractivity contribution in [3.63, 3.8) is 0 Å². The zero-order valence-electron chi connectivity index (χ0n) is 4.23. The van der Waals surface area contributed by atoms with E-state index in [4.69, 9.17) is 0 Å². The maximum absolute atomic E-state index is 9.37. The van der Waals surface area contributed by atoms with Crippen LogP contribution in [0.1, 0.15) is 0 Å². The van der Waals surface area contributed by atoms with Crippen LogP contribution in [0, 0.1) is 0 Å². The Bertz CT molecular complexity index is 59.1. The summed E-state index contributed by atoms with van der Waals surface area (Å²) >= 11 is 0. The SMILES string of the molecule is O=POCOP=O.[NH4+]. The largest absolute Gasteiger partial charge is 0.369 e. The minimum atomic E-state index is -0.464. The molecule has 0 rings (SSSR count). The first-order valence-electron chi connectivity index (χ1n) is 1.31. The van der Waals surface area contributed by atoms with Crippen molar-refractivity contribution in [1.29, 1.82) is 0 Å². The van der Waals surface area contributed by atoms with Crippen molar-refractivity contribution in [2.75, 3.05) is 6.79 Å². The van der Waals surface area contributed by atoms with Crippen molar-refractivity contribution >= 4 is 17.4 Å². The van der Waals surface area contributed by atoms with Crippen molar-refractivity contribution < 1.29 is 18.2 Å². The van der Waals surface area contributed by atoms with E-state index in [0.717, 1.165) is 0 Å². The highest BCUT2D eigenvalue weighted by atomic mass is 31.1. The van der Waals surface area contributed by atoms with E-state index in [2.05, 4.69) is 9.05 Å². The molecule has 0 aromatic carbocycles. The lowest BCUT2D eigenvalue weighted by Crippen LogP contribution is -1.77. The van der Waals surface area contributed by atoms with Crippen LogP contribution in [-0.2, 0) is 18.2 Å². The van der Waals surface area contributed by atoms with Gasteiger partial charge in [-0.25, -0.2) is 9.13 Å². The summed E-state index contributed by atoms with van der Waals surface area (Å²) in [5.74, 6) is 0. The molecule has 0 saturated carbocycles. The van der Waals surface area contributed by atoms with Gasteiger partial charge in [0.05, 0.1) is 0 Å². The predicted molar refractivity (Wildman–Crippen MR) is 28.2 cm³/mol. The molecule has 0 aliphatic heterocycles. The highest BCUT2D eigenvalue weighted by molar-refractivity contribution is 7.18. The van der Waals surface area contributed by atoms with Crippen LogP contribution < -0.4 is 6.15 Å². The predicted octanol–water partition coefficient (Wildman–Crippen LogP) is 1.77. The van der Waals surface area contributed by atoms with Gasteiger partial charge in [-0.2, -0.15) is 0 Å². The maximum Gasteiger partial charge on any atom is 0.329 e. The molecule has 0 fully saturated rings. The summed E-state index contributed by atoms with van der Waals surface area (Å²) in [6.45, 7) is -0.212. The second-order valence-electron chi connectivity index (χ2n) is 0.525. The molecule has 0 saturated heterocycles. The van der Waals surface area contributed by atoms with Crippen molar-refractivity contribution in [3.8, 4) is 0 Å². The van der Waals surface area contributed by atoms with Gasteiger partial charge in [0.2, 0.25) is 0 Å². The Morgan fingerprint density at radius 1 is 1.12 bits per heavy atom. The number of quaternary nitrogens is 1. The van der Waals surface area contributed by atoms with Gasteiger partial charge in [-0.3, -0.25) is 9.05 Å². The number of hydrogen-bond donors (Lipinski definition) is 1. The molecule has 0 aliphatic rings. The Hall–Kier alpha value is 0.0800. The van der Waals surface area contributed by atoms with Crippen molar-refractivity contribution in [2.45, 2.75) is 0 Å². The summed E-state index contributed by atoms with van der Waals surface area (Å²) in [4.78, 5) is 0. The summed E-state index contributed by atoms with van der Waals surface area (Å²) in [6.07, 6.45) is 0. The Morgan fingerprint density at radius 3 is 1.75 bits per heavy atom. The number of hydrogen-bond acceptors (Lipinski definition) is 4. The molecule has 0 spiro atoms. The molecule has 8 heavy (non-hydrogen) atoms. The van der Waals surface area contributed by atoms with Gasteiger partial charge in [0.15, 0.2) is 6.79 Å². The van der Waals surface area contributed by atoms with Crippen LogP contribution in [-0.4, -0.2) is 6.79 Å². The van der Waals surface area contributed by atoms with E-state index >= 15 is 0 Å². The molecule has 5 nitrogen and oxygen atoms in total. The van der Waals surface area contributed by atoms with Gasteiger partial charge in [-0.1, -0.05) is 0 Å². The molecule has 0 heterocycles. The minimum absolute atomic E-state index is 0. The third-order valence-corrected chi connectivity index (χ3v) is 0.632. The van der Waals surface area contributed by atoms with Gasteiger partial charge in [0.25, 0.3) is 0 Å². The van der Waals surface area contributed by atoms with Crippen LogP contribution in [0.4, 0.5) is 0 Å². The average molecular weight is 158 g/mol. The molecule has 7 heteroatoms. The van der Waals surface area contributed by atoms with Gasteiger partial charge >= 0.3 is 17.4 Å². The topological polar surface area (TPSA) is 89.1 Å². The van der Waals surface area contributed by atoms with Crippen LogP contribution in [0.3, 0.4) is 0 Å². The lowest BCUT2D eigenvalue weighted by Gasteiger charge is -1.82. The third-order valence-electron chi connectivity index (χ3n) is 0.211. The fourth-order valence-corrected chi connectivity index (χ4v) is 0.341. The van der Waals surface area contributed by atoms with Gasteiger partial charge in [0, 0.05) is 0 Å². The lowest BCUT2D eigenvalue weighted by molar-refractivity contribution is 0.148. The van der Waals surface area contributed by atoms with E-state index in [9.17, 15) is 9.13 Å². The van der Waals surface area contributed by atoms with E-state index in [0.29, 0.717) is 0 Å². The van der Waals surface area contributed by atoms with Crippen molar-refractivity contribution in [2.24, 2.45) is 0 Å². The average Bonchev–Trinajstić information content (AvgIpc) is 1.69. The van der Waals surface area contributed by atoms with Crippen LogP contribution >= 0.6 is 17.4 Å². The molecular weight excluding hydrogens is 152 g/mol. The van der Waals surface area contributed by atoms with E-state index in [1.807, 2.05) is 0 Å².